The van der Waals surface area contributed by atoms with Gasteiger partial charge in [0.2, 0.25) is 11.8 Å². The van der Waals surface area contributed by atoms with Crippen LogP contribution in [0.2, 0.25) is 5.02 Å². The first kappa shape index (κ1) is 16.3. The third-order valence-electron chi connectivity index (χ3n) is 4.65. The molecule has 2 aliphatic rings. The fourth-order valence-electron chi connectivity index (χ4n) is 3.22. The molecule has 0 bridgehead atoms. The maximum atomic E-state index is 12.4. The van der Waals surface area contributed by atoms with Crippen LogP contribution in [-0.2, 0) is 16.0 Å². The monoisotopic (exact) mass is 335 g/mol. The Morgan fingerprint density at radius 2 is 1.83 bits per heavy atom. The average Bonchev–Trinajstić information content (AvgIpc) is 3.11. The van der Waals surface area contributed by atoms with E-state index in [-0.39, 0.29) is 17.7 Å². The predicted molar refractivity (Wildman–Crippen MR) is 89.3 cm³/mol. The molecule has 0 radical (unpaired) electrons. The van der Waals surface area contributed by atoms with E-state index in [4.69, 9.17) is 11.6 Å². The number of nitrogens with one attached hydrogen (secondary N) is 1. The van der Waals surface area contributed by atoms with Gasteiger partial charge in [-0.25, -0.2) is 0 Å². The summed E-state index contributed by atoms with van der Waals surface area (Å²) in [4.78, 5) is 28.5. The summed E-state index contributed by atoms with van der Waals surface area (Å²) < 4.78 is 0. The van der Waals surface area contributed by atoms with E-state index in [0.29, 0.717) is 37.6 Å². The SMILES string of the molecule is O=C(Cc1ccccc1Cl)N1CCN(C(=O)C2CCNC2)CC1. The third kappa shape index (κ3) is 3.85. The highest BCUT2D eigenvalue weighted by atomic mass is 35.5. The molecule has 2 saturated heterocycles. The molecule has 3 rings (SSSR count). The van der Waals surface area contributed by atoms with Crippen LogP contribution in [0, 0.1) is 5.92 Å². The largest absolute Gasteiger partial charge is 0.339 e. The maximum Gasteiger partial charge on any atom is 0.227 e. The van der Waals surface area contributed by atoms with E-state index in [9.17, 15) is 9.59 Å². The van der Waals surface area contributed by atoms with Gasteiger partial charge in [0.1, 0.15) is 0 Å². The number of benzene rings is 1. The number of hydrogen-bond donors (Lipinski definition) is 1. The van der Waals surface area contributed by atoms with Gasteiger partial charge in [0.25, 0.3) is 0 Å². The van der Waals surface area contributed by atoms with E-state index in [0.717, 1.165) is 25.1 Å². The molecule has 2 amide bonds. The summed E-state index contributed by atoms with van der Waals surface area (Å²) in [6.07, 6.45) is 1.24. The zero-order valence-electron chi connectivity index (χ0n) is 13.1. The zero-order valence-corrected chi connectivity index (χ0v) is 13.9. The number of carbonyl (C=O) groups excluding carboxylic acids is 2. The Kier molecular flexibility index (Phi) is 5.18. The van der Waals surface area contributed by atoms with E-state index >= 15 is 0 Å². The summed E-state index contributed by atoms with van der Waals surface area (Å²) in [6, 6.07) is 7.43. The van der Waals surface area contributed by atoms with E-state index in [1.165, 1.54) is 0 Å². The van der Waals surface area contributed by atoms with Crippen molar-refractivity contribution in [3.05, 3.63) is 34.9 Å². The number of piperazine rings is 1. The van der Waals surface area contributed by atoms with Gasteiger partial charge in [-0.2, -0.15) is 0 Å². The highest BCUT2D eigenvalue weighted by Crippen LogP contribution is 2.18. The normalized spacial score (nSPS) is 21.5. The first-order valence-electron chi connectivity index (χ1n) is 8.16. The molecule has 1 atom stereocenters. The summed E-state index contributed by atoms with van der Waals surface area (Å²) in [6.45, 7) is 4.18. The zero-order chi connectivity index (χ0) is 16.2. The Morgan fingerprint density at radius 3 is 2.48 bits per heavy atom. The Hall–Kier alpha value is -1.59. The molecule has 1 N–H and O–H groups in total. The van der Waals surface area contributed by atoms with E-state index in [1.54, 1.807) is 6.07 Å². The van der Waals surface area contributed by atoms with Gasteiger partial charge in [0.15, 0.2) is 0 Å². The molecule has 0 saturated carbocycles. The molecule has 2 heterocycles. The van der Waals surface area contributed by atoms with Crippen LogP contribution >= 0.6 is 11.6 Å². The molecule has 2 fully saturated rings. The summed E-state index contributed by atoms with van der Waals surface area (Å²) >= 11 is 6.12. The lowest BCUT2D eigenvalue weighted by Gasteiger charge is -2.36. The molecule has 124 valence electrons. The molecule has 1 unspecified atom stereocenters. The van der Waals surface area contributed by atoms with Crippen molar-refractivity contribution in [1.29, 1.82) is 0 Å². The highest BCUT2D eigenvalue weighted by molar-refractivity contribution is 6.31. The topological polar surface area (TPSA) is 52.7 Å². The summed E-state index contributed by atoms with van der Waals surface area (Å²) in [5.41, 5.74) is 0.856. The van der Waals surface area contributed by atoms with Crippen LogP contribution in [0.3, 0.4) is 0 Å². The quantitative estimate of drug-likeness (QED) is 0.902. The van der Waals surface area contributed by atoms with Gasteiger partial charge >= 0.3 is 0 Å². The second-order valence-electron chi connectivity index (χ2n) is 6.16. The van der Waals surface area contributed by atoms with Gasteiger partial charge in [-0.1, -0.05) is 29.8 Å². The number of rotatable bonds is 3. The molecule has 0 spiro atoms. The maximum absolute atomic E-state index is 12.4. The number of amides is 2. The summed E-state index contributed by atoms with van der Waals surface area (Å²) in [5, 5.41) is 3.86. The predicted octanol–water partition coefficient (Wildman–Crippen LogP) is 1.16. The van der Waals surface area contributed by atoms with Gasteiger partial charge in [0.05, 0.1) is 12.3 Å². The van der Waals surface area contributed by atoms with Crippen LogP contribution < -0.4 is 5.32 Å². The van der Waals surface area contributed by atoms with Crippen LogP contribution in [0.1, 0.15) is 12.0 Å². The van der Waals surface area contributed by atoms with E-state index in [2.05, 4.69) is 5.32 Å². The minimum atomic E-state index is 0.0766. The van der Waals surface area contributed by atoms with E-state index in [1.807, 2.05) is 28.0 Å². The smallest absolute Gasteiger partial charge is 0.227 e. The van der Waals surface area contributed by atoms with Crippen molar-refractivity contribution in [2.24, 2.45) is 5.92 Å². The van der Waals surface area contributed by atoms with Crippen LogP contribution in [0.15, 0.2) is 24.3 Å². The van der Waals surface area contributed by atoms with Crippen molar-refractivity contribution in [2.75, 3.05) is 39.3 Å². The fourth-order valence-corrected chi connectivity index (χ4v) is 3.42. The second-order valence-corrected chi connectivity index (χ2v) is 6.57. The van der Waals surface area contributed by atoms with Gasteiger partial charge < -0.3 is 15.1 Å². The van der Waals surface area contributed by atoms with Crippen molar-refractivity contribution < 1.29 is 9.59 Å². The lowest BCUT2D eigenvalue weighted by atomic mass is 10.1. The molecule has 6 heteroatoms. The molecule has 1 aromatic rings. The minimum Gasteiger partial charge on any atom is -0.339 e. The van der Waals surface area contributed by atoms with Crippen LogP contribution in [0.25, 0.3) is 0 Å². The molecule has 2 aliphatic heterocycles. The molecule has 5 nitrogen and oxygen atoms in total. The highest BCUT2D eigenvalue weighted by Gasteiger charge is 2.30. The van der Waals surface area contributed by atoms with Gasteiger partial charge in [-0.15, -0.1) is 0 Å². The first-order chi connectivity index (χ1) is 11.1. The molecular formula is C17H22ClN3O2. The Bertz CT molecular complexity index is 579. The van der Waals surface area contributed by atoms with Crippen molar-refractivity contribution >= 4 is 23.4 Å². The van der Waals surface area contributed by atoms with Crippen molar-refractivity contribution in [1.82, 2.24) is 15.1 Å². The lowest BCUT2D eigenvalue weighted by molar-refractivity contribution is -0.141. The van der Waals surface area contributed by atoms with Crippen molar-refractivity contribution in [3.63, 3.8) is 0 Å². The molecule has 23 heavy (non-hydrogen) atoms. The van der Waals surface area contributed by atoms with Gasteiger partial charge in [0, 0.05) is 37.7 Å². The molecular weight excluding hydrogens is 314 g/mol. The number of hydrogen-bond acceptors (Lipinski definition) is 3. The number of carbonyl (C=O) groups is 2. The molecule has 1 aromatic carbocycles. The number of halogens is 1. The Balaban J connectivity index is 1.51. The molecule has 0 aliphatic carbocycles. The van der Waals surface area contributed by atoms with Crippen molar-refractivity contribution in [2.45, 2.75) is 12.8 Å². The fraction of sp³-hybridized carbons (Fsp3) is 0.529. The second kappa shape index (κ2) is 7.32. The van der Waals surface area contributed by atoms with Gasteiger partial charge in [-0.3, -0.25) is 9.59 Å². The average molecular weight is 336 g/mol. The Labute approximate surface area is 141 Å². The number of nitrogens with zero attached hydrogens (tertiary/aromatic N) is 2. The molecule has 0 aromatic heterocycles. The minimum absolute atomic E-state index is 0.0766. The van der Waals surface area contributed by atoms with Crippen LogP contribution in [-0.4, -0.2) is 60.9 Å². The van der Waals surface area contributed by atoms with Crippen molar-refractivity contribution in [3.8, 4) is 0 Å². The summed E-state index contributed by atoms with van der Waals surface area (Å²) in [7, 11) is 0. The lowest BCUT2D eigenvalue weighted by Crippen LogP contribution is -2.52. The standard InChI is InChI=1S/C17H22ClN3O2/c18-15-4-2-1-3-13(15)11-16(22)20-7-9-21(10-8-20)17(23)14-5-6-19-12-14/h1-4,14,19H,5-12H2. The van der Waals surface area contributed by atoms with Crippen LogP contribution in [0.5, 0.6) is 0 Å². The Morgan fingerprint density at radius 1 is 1.13 bits per heavy atom. The van der Waals surface area contributed by atoms with E-state index < -0.39 is 0 Å². The first-order valence-corrected chi connectivity index (χ1v) is 8.53. The summed E-state index contributed by atoms with van der Waals surface area (Å²) in [5.74, 6) is 0.418. The van der Waals surface area contributed by atoms with Gasteiger partial charge in [-0.05, 0) is 24.6 Å². The third-order valence-corrected chi connectivity index (χ3v) is 5.02. The van der Waals surface area contributed by atoms with Crippen LogP contribution in [0.4, 0.5) is 0 Å².